The standard InChI is InChI=1S/C11H6ClF3N2/c12-9-5-10(17-16-6-9)7-1-3-8(4-2-7)11(13,14)15/h1-6H. The Morgan fingerprint density at radius 2 is 1.71 bits per heavy atom. The molecule has 0 bridgehead atoms. The van der Waals surface area contributed by atoms with Crippen molar-refractivity contribution in [3.63, 3.8) is 0 Å². The Hall–Kier alpha value is -1.62. The summed E-state index contributed by atoms with van der Waals surface area (Å²) >= 11 is 5.72. The van der Waals surface area contributed by atoms with Gasteiger partial charge in [0.15, 0.2) is 0 Å². The molecule has 0 fully saturated rings. The molecule has 0 saturated heterocycles. The zero-order chi connectivity index (χ0) is 12.5. The number of hydrogen-bond acceptors (Lipinski definition) is 2. The average Bonchev–Trinajstić information content (AvgIpc) is 2.28. The van der Waals surface area contributed by atoms with Gasteiger partial charge in [0, 0.05) is 5.56 Å². The van der Waals surface area contributed by atoms with Gasteiger partial charge in [-0.15, -0.1) is 0 Å². The van der Waals surface area contributed by atoms with E-state index in [4.69, 9.17) is 11.6 Å². The van der Waals surface area contributed by atoms with E-state index in [1.54, 1.807) is 0 Å². The molecular formula is C11H6ClF3N2. The van der Waals surface area contributed by atoms with Crippen LogP contribution in [0.25, 0.3) is 11.3 Å². The van der Waals surface area contributed by atoms with Crippen LogP contribution in [0.1, 0.15) is 5.56 Å². The summed E-state index contributed by atoms with van der Waals surface area (Å²) in [5.41, 5.74) is 0.274. The fourth-order valence-electron chi connectivity index (χ4n) is 1.31. The zero-order valence-corrected chi connectivity index (χ0v) is 9.13. The Morgan fingerprint density at radius 3 is 2.24 bits per heavy atom. The molecule has 1 aromatic heterocycles. The van der Waals surface area contributed by atoms with Crippen LogP contribution in [0.3, 0.4) is 0 Å². The molecule has 6 heteroatoms. The molecule has 1 heterocycles. The van der Waals surface area contributed by atoms with E-state index in [2.05, 4.69) is 10.2 Å². The minimum atomic E-state index is -4.33. The van der Waals surface area contributed by atoms with Crippen molar-refractivity contribution in [3.8, 4) is 11.3 Å². The Kier molecular flexibility index (Phi) is 3.02. The molecule has 2 aromatic rings. The summed E-state index contributed by atoms with van der Waals surface area (Å²) in [7, 11) is 0. The van der Waals surface area contributed by atoms with Crippen LogP contribution >= 0.6 is 11.6 Å². The van der Waals surface area contributed by atoms with E-state index >= 15 is 0 Å². The predicted molar refractivity (Wildman–Crippen MR) is 57.5 cm³/mol. The summed E-state index contributed by atoms with van der Waals surface area (Å²) in [6.45, 7) is 0. The van der Waals surface area contributed by atoms with Gasteiger partial charge >= 0.3 is 6.18 Å². The van der Waals surface area contributed by atoms with Crippen LogP contribution in [-0.2, 0) is 6.18 Å². The number of aromatic nitrogens is 2. The average molecular weight is 259 g/mol. The molecule has 0 saturated carbocycles. The van der Waals surface area contributed by atoms with E-state index in [0.29, 0.717) is 16.3 Å². The second kappa shape index (κ2) is 4.33. The van der Waals surface area contributed by atoms with Crippen molar-refractivity contribution in [2.75, 3.05) is 0 Å². The van der Waals surface area contributed by atoms with Crippen molar-refractivity contribution in [1.82, 2.24) is 10.2 Å². The van der Waals surface area contributed by atoms with Gasteiger partial charge in [-0.05, 0) is 18.2 Å². The van der Waals surface area contributed by atoms with E-state index in [1.807, 2.05) is 0 Å². The van der Waals surface area contributed by atoms with Crippen LogP contribution in [0.2, 0.25) is 5.02 Å². The largest absolute Gasteiger partial charge is 0.416 e. The summed E-state index contributed by atoms with van der Waals surface area (Å²) in [6.07, 6.45) is -2.98. The number of benzene rings is 1. The van der Waals surface area contributed by atoms with Gasteiger partial charge < -0.3 is 0 Å². The summed E-state index contributed by atoms with van der Waals surface area (Å²) in [5.74, 6) is 0. The number of rotatable bonds is 1. The SMILES string of the molecule is FC(F)(F)c1ccc(-c2cc(Cl)cnn2)cc1. The highest BCUT2D eigenvalue weighted by Gasteiger charge is 2.29. The zero-order valence-electron chi connectivity index (χ0n) is 8.37. The fourth-order valence-corrected chi connectivity index (χ4v) is 1.46. The number of halogens is 4. The van der Waals surface area contributed by atoms with Gasteiger partial charge in [0.05, 0.1) is 22.5 Å². The van der Waals surface area contributed by atoms with Crippen molar-refractivity contribution >= 4 is 11.6 Å². The van der Waals surface area contributed by atoms with Crippen LogP contribution < -0.4 is 0 Å². The summed E-state index contributed by atoms with van der Waals surface area (Å²) in [4.78, 5) is 0. The van der Waals surface area contributed by atoms with E-state index in [1.165, 1.54) is 24.4 Å². The third kappa shape index (κ3) is 2.74. The smallest absolute Gasteiger partial charge is 0.166 e. The number of hydrogen-bond donors (Lipinski definition) is 0. The fraction of sp³-hybridized carbons (Fsp3) is 0.0909. The highest BCUT2D eigenvalue weighted by atomic mass is 35.5. The summed E-state index contributed by atoms with van der Waals surface area (Å²) < 4.78 is 37.0. The molecule has 0 aliphatic carbocycles. The first-order valence-corrected chi connectivity index (χ1v) is 5.00. The van der Waals surface area contributed by atoms with Gasteiger partial charge in [-0.3, -0.25) is 0 Å². The van der Waals surface area contributed by atoms with Crippen LogP contribution in [0.4, 0.5) is 13.2 Å². The third-order valence-corrected chi connectivity index (χ3v) is 2.34. The van der Waals surface area contributed by atoms with Crippen molar-refractivity contribution in [2.45, 2.75) is 6.18 Å². The second-order valence-electron chi connectivity index (χ2n) is 3.33. The van der Waals surface area contributed by atoms with Gasteiger partial charge in [-0.1, -0.05) is 23.7 Å². The minimum Gasteiger partial charge on any atom is -0.166 e. The summed E-state index contributed by atoms with van der Waals surface area (Å²) in [5, 5.41) is 7.80. The molecule has 0 aliphatic rings. The van der Waals surface area contributed by atoms with Crippen molar-refractivity contribution in [1.29, 1.82) is 0 Å². The van der Waals surface area contributed by atoms with E-state index in [-0.39, 0.29) is 0 Å². The topological polar surface area (TPSA) is 25.8 Å². The quantitative estimate of drug-likeness (QED) is 0.777. The minimum absolute atomic E-state index is 0.384. The molecule has 88 valence electrons. The predicted octanol–water partition coefficient (Wildman–Crippen LogP) is 3.82. The molecule has 0 radical (unpaired) electrons. The lowest BCUT2D eigenvalue weighted by Gasteiger charge is -2.07. The maximum atomic E-state index is 12.3. The highest BCUT2D eigenvalue weighted by Crippen LogP contribution is 2.30. The van der Waals surface area contributed by atoms with Gasteiger partial charge in [0.2, 0.25) is 0 Å². The Morgan fingerprint density at radius 1 is 1.06 bits per heavy atom. The first-order valence-electron chi connectivity index (χ1n) is 4.63. The van der Waals surface area contributed by atoms with Crippen molar-refractivity contribution in [2.24, 2.45) is 0 Å². The molecule has 0 atom stereocenters. The monoisotopic (exact) mass is 258 g/mol. The van der Waals surface area contributed by atoms with Crippen LogP contribution in [-0.4, -0.2) is 10.2 Å². The lowest BCUT2D eigenvalue weighted by Crippen LogP contribution is -2.04. The molecule has 0 aliphatic heterocycles. The molecule has 0 spiro atoms. The molecular weight excluding hydrogens is 253 g/mol. The third-order valence-electron chi connectivity index (χ3n) is 2.13. The Labute approximate surface area is 100 Å². The second-order valence-corrected chi connectivity index (χ2v) is 3.77. The van der Waals surface area contributed by atoms with Crippen LogP contribution in [0, 0.1) is 0 Å². The van der Waals surface area contributed by atoms with Crippen LogP contribution in [0.15, 0.2) is 36.5 Å². The first-order chi connectivity index (χ1) is 7.97. The Bertz CT molecular complexity index is 523. The lowest BCUT2D eigenvalue weighted by atomic mass is 10.1. The van der Waals surface area contributed by atoms with Crippen molar-refractivity contribution in [3.05, 3.63) is 47.1 Å². The molecule has 2 rings (SSSR count). The molecule has 2 nitrogen and oxygen atoms in total. The first kappa shape index (κ1) is 11.9. The normalized spacial score (nSPS) is 11.5. The number of nitrogens with zero attached hydrogens (tertiary/aromatic N) is 2. The Balaban J connectivity index is 2.36. The van der Waals surface area contributed by atoms with Gasteiger partial charge in [-0.25, -0.2) is 0 Å². The van der Waals surface area contributed by atoms with Crippen molar-refractivity contribution < 1.29 is 13.2 Å². The van der Waals surface area contributed by atoms with E-state index in [9.17, 15) is 13.2 Å². The van der Waals surface area contributed by atoms with Gasteiger partial charge in [-0.2, -0.15) is 23.4 Å². The lowest BCUT2D eigenvalue weighted by molar-refractivity contribution is -0.137. The maximum absolute atomic E-state index is 12.3. The maximum Gasteiger partial charge on any atom is 0.416 e. The van der Waals surface area contributed by atoms with Crippen LogP contribution in [0.5, 0.6) is 0 Å². The summed E-state index contributed by atoms with van der Waals surface area (Å²) in [6, 6.07) is 6.21. The molecule has 0 N–H and O–H groups in total. The molecule has 1 aromatic carbocycles. The van der Waals surface area contributed by atoms with Gasteiger partial charge in [0.1, 0.15) is 0 Å². The number of alkyl halides is 3. The highest BCUT2D eigenvalue weighted by molar-refractivity contribution is 6.30. The van der Waals surface area contributed by atoms with Gasteiger partial charge in [0.25, 0.3) is 0 Å². The van der Waals surface area contributed by atoms with E-state index < -0.39 is 11.7 Å². The van der Waals surface area contributed by atoms with E-state index in [0.717, 1.165) is 12.1 Å². The molecule has 0 amide bonds. The molecule has 0 unspecified atom stereocenters. The molecule has 17 heavy (non-hydrogen) atoms.